The lowest BCUT2D eigenvalue weighted by molar-refractivity contribution is -0.411. The topological polar surface area (TPSA) is 80.2 Å². The van der Waals surface area contributed by atoms with E-state index < -0.39 is 17.2 Å². The second kappa shape index (κ2) is 6.89. The lowest BCUT2D eigenvalue weighted by atomic mass is 10.1. The molecule has 0 aromatic rings. The molecule has 0 bridgehead atoms. The number of carbonyl (C=O) groups excluding carboxylic acids is 2. The summed E-state index contributed by atoms with van der Waals surface area (Å²) in [5.41, 5.74) is 2.80. The van der Waals surface area contributed by atoms with Gasteiger partial charge in [-0.1, -0.05) is 0 Å². The molecule has 0 heterocycles. The second-order valence-electron chi connectivity index (χ2n) is 6.71. The molecule has 3 N–H and O–H groups in total. The van der Waals surface area contributed by atoms with Gasteiger partial charge < -0.3 is 15.2 Å². The quantitative estimate of drug-likeness (QED) is 0.769. The third-order valence-electron chi connectivity index (χ3n) is 2.09. The van der Waals surface area contributed by atoms with Gasteiger partial charge in [0.25, 0.3) is 0 Å². The zero-order chi connectivity index (χ0) is 15.3. The molecule has 0 aliphatic rings. The first-order chi connectivity index (χ1) is 8.41. The van der Waals surface area contributed by atoms with E-state index in [0.717, 1.165) is 0 Å². The van der Waals surface area contributed by atoms with E-state index in [0.29, 0.717) is 19.3 Å². The van der Waals surface area contributed by atoms with Gasteiger partial charge in [0, 0.05) is 12.8 Å². The number of rotatable bonds is 5. The van der Waals surface area contributed by atoms with Crippen LogP contribution in [0.4, 0.5) is 0 Å². The Bertz CT molecular complexity index is 312. The number of esters is 2. The van der Waals surface area contributed by atoms with Crippen molar-refractivity contribution in [2.24, 2.45) is 0 Å². The van der Waals surface area contributed by atoms with Gasteiger partial charge in [0.1, 0.15) is 11.2 Å². The van der Waals surface area contributed by atoms with Crippen LogP contribution in [0.1, 0.15) is 60.8 Å². The number of hydrogen-bond donors (Lipinski definition) is 1. The molecule has 0 rings (SSSR count). The van der Waals surface area contributed by atoms with Gasteiger partial charge in [-0.15, -0.1) is 0 Å². The molecule has 0 radical (unpaired) electrons. The Morgan fingerprint density at radius 3 is 1.89 bits per heavy atom. The highest BCUT2D eigenvalue weighted by Gasteiger charge is 2.25. The molecule has 1 unspecified atom stereocenters. The van der Waals surface area contributed by atoms with Crippen molar-refractivity contribution in [3.05, 3.63) is 0 Å². The van der Waals surface area contributed by atoms with Crippen molar-refractivity contribution < 1.29 is 24.8 Å². The lowest BCUT2D eigenvalue weighted by Gasteiger charge is -2.21. The number of hydrogen-bond acceptors (Lipinski definition) is 4. The summed E-state index contributed by atoms with van der Waals surface area (Å²) < 4.78 is 10.4. The molecule has 0 saturated carbocycles. The Kier molecular flexibility index (Phi) is 6.49. The van der Waals surface area contributed by atoms with Gasteiger partial charge in [-0.05, 0) is 48.0 Å². The fraction of sp³-hybridized carbons (Fsp3) is 0.857. The Morgan fingerprint density at radius 2 is 1.47 bits per heavy atom. The standard InChI is InChI=1S/C14H27NO4/c1-13(2,3)18-11(16)9-7-8-10(15)12(17)19-14(4,5)6/h10H,7-9,15H2,1-6H3/p+1. The summed E-state index contributed by atoms with van der Waals surface area (Å²) in [6.45, 7) is 10.9. The third kappa shape index (κ3) is 10.5. The van der Waals surface area contributed by atoms with Gasteiger partial charge in [-0.2, -0.15) is 0 Å². The van der Waals surface area contributed by atoms with Crippen LogP contribution in [-0.4, -0.2) is 29.2 Å². The van der Waals surface area contributed by atoms with Crippen molar-refractivity contribution in [3.8, 4) is 0 Å². The number of carbonyl (C=O) groups is 2. The molecule has 0 aliphatic carbocycles. The highest BCUT2D eigenvalue weighted by Crippen LogP contribution is 2.12. The van der Waals surface area contributed by atoms with E-state index in [1.807, 2.05) is 41.5 Å². The Balaban J connectivity index is 3.95. The fourth-order valence-corrected chi connectivity index (χ4v) is 1.39. The fourth-order valence-electron chi connectivity index (χ4n) is 1.39. The van der Waals surface area contributed by atoms with Crippen LogP contribution in [0.5, 0.6) is 0 Å². The molecule has 19 heavy (non-hydrogen) atoms. The molecule has 1 atom stereocenters. The van der Waals surface area contributed by atoms with E-state index in [1.54, 1.807) is 0 Å². The maximum atomic E-state index is 11.7. The van der Waals surface area contributed by atoms with Crippen molar-refractivity contribution in [1.82, 2.24) is 0 Å². The molecular formula is C14H28NO4+. The minimum atomic E-state index is -0.502. The van der Waals surface area contributed by atoms with Crippen LogP contribution in [0.3, 0.4) is 0 Å². The first-order valence-electron chi connectivity index (χ1n) is 6.68. The summed E-state index contributed by atoms with van der Waals surface area (Å²) in [6, 6.07) is -0.443. The summed E-state index contributed by atoms with van der Waals surface area (Å²) in [5.74, 6) is -0.569. The molecule has 112 valence electrons. The van der Waals surface area contributed by atoms with E-state index >= 15 is 0 Å². The lowest BCUT2D eigenvalue weighted by Crippen LogP contribution is -2.65. The molecule has 0 aromatic carbocycles. The van der Waals surface area contributed by atoms with Crippen molar-refractivity contribution in [2.75, 3.05) is 0 Å². The average molecular weight is 274 g/mol. The average Bonchev–Trinajstić information content (AvgIpc) is 2.11. The van der Waals surface area contributed by atoms with Crippen LogP contribution in [0.2, 0.25) is 0 Å². The van der Waals surface area contributed by atoms with Gasteiger partial charge in [0.2, 0.25) is 0 Å². The molecule has 5 heteroatoms. The van der Waals surface area contributed by atoms with Gasteiger partial charge in [-0.25, -0.2) is 4.79 Å². The molecule has 0 fully saturated rings. The summed E-state index contributed by atoms with van der Waals surface area (Å²) in [5, 5.41) is 0. The van der Waals surface area contributed by atoms with Gasteiger partial charge >= 0.3 is 11.9 Å². The molecule has 5 nitrogen and oxygen atoms in total. The monoisotopic (exact) mass is 274 g/mol. The van der Waals surface area contributed by atoms with Crippen LogP contribution in [0.25, 0.3) is 0 Å². The number of ether oxygens (including phenoxy) is 2. The SMILES string of the molecule is CC(C)(C)OC(=O)CCCC([NH3+])C(=O)OC(C)(C)C. The summed E-state index contributed by atoms with van der Waals surface area (Å²) in [4.78, 5) is 23.1. The summed E-state index contributed by atoms with van der Waals surface area (Å²) >= 11 is 0. The predicted octanol–water partition coefficient (Wildman–Crippen LogP) is 1.45. The first kappa shape index (κ1) is 17.9. The van der Waals surface area contributed by atoms with E-state index in [2.05, 4.69) is 5.73 Å². The second-order valence-corrected chi connectivity index (χ2v) is 6.71. The van der Waals surface area contributed by atoms with E-state index in [1.165, 1.54) is 0 Å². The van der Waals surface area contributed by atoms with Gasteiger partial charge in [0.15, 0.2) is 6.04 Å². The van der Waals surface area contributed by atoms with E-state index in [9.17, 15) is 9.59 Å². The Morgan fingerprint density at radius 1 is 1.00 bits per heavy atom. The molecule has 0 saturated heterocycles. The Hall–Kier alpha value is -1.10. The minimum absolute atomic E-state index is 0.246. The minimum Gasteiger partial charge on any atom is -0.460 e. The van der Waals surface area contributed by atoms with Crippen molar-refractivity contribution in [2.45, 2.75) is 78.0 Å². The van der Waals surface area contributed by atoms with Gasteiger partial charge in [0.05, 0.1) is 0 Å². The molecule has 0 amide bonds. The molecule has 0 aliphatic heterocycles. The normalized spacial score (nSPS) is 13.8. The zero-order valence-corrected chi connectivity index (χ0v) is 13.0. The molecular weight excluding hydrogens is 246 g/mol. The van der Waals surface area contributed by atoms with Crippen LogP contribution < -0.4 is 5.73 Å². The van der Waals surface area contributed by atoms with Crippen molar-refractivity contribution in [3.63, 3.8) is 0 Å². The smallest absolute Gasteiger partial charge is 0.365 e. The van der Waals surface area contributed by atoms with Crippen molar-refractivity contribution >= 4 is 11.9 Å². The van der Waals surface area contributed by atoms with E-state index in [-0.39, 0.29) is 11.9 Å². The maximum Gasteiger partial charge on any atom is 0.365 e. The molecule has 0 aromatic heterocycles. The first-order valence-corrected chi connectivity index (χ1v) is 6.68. The highest BCUT2D eigenvalue weighted by molar-refractivity contribution is 5.74. The molecule has 0 spiro atoms. The van der Waals surface area contributed by atoms with Crippen LogP contribution in [0.15, 0.2) is 0 Å². The Labute approximate surface area is 115 Å². The zero-order valence-electron chi connectivity index (χ0n) is 13.0. The van der Waals surface area contributed by atoms with Gasteiger partial charge in [-0.3, -0.25) is 4.79 Å². The van der Waals surface area contributed by atoms with Crippen LogP contribution >= 0.6 is 0 Å². The predicted molar refractivity (Wildman–Crippen MR) is 72.2 cm³/mol. The third-order valence-corrected chi connectivity index (χ3v) is 2.09. The van der Waals surface area contributed by atoms with Crippen LogP contribution in [0, 0.1) is 0 Å². The summed E-state index contributed by atoms with van der Waals surface area (Å²) in [6.07, 6.45) is 1.39. The van der Waals surface area contributed by atoms with E-state index in [4.69, 9.17) is 9.47 Å². The largest absolute Gasteiger partial charge is 0.460 e. The summed E-state index contributed by atoms with van der Waals surface area (Å²) in [7, 11) is 0. The van der Waals surface area contributed by atoms with Crippen LogP contribution in [-0.2, 0) is 19.1 Å². The number of quaternary nitrogens is 1. The maximum absolute atomic E-state index is 11.7. The highest BCUT2D eigenvalue weighted by atomic mass is 16.6. The van der Waals surface area contributed by atoms with Crippen molar-refractivity contribution in [1.29, 1.82) is 0 Å².